The summed E-state index contributed by atoms with van der Waals surface area (Å²) >= 11 is 6.51. The number of aromatic nitrogens is 4. The third-order valence-electron chi connectivity index (χ3n) is 5.79. The fraction of sp³-hybridized carbons (Fsp3) is 0.500. The Morgan fingerprint density at radius 3 is 2.57 bits per heavy atom. The first-order valence-corrected chi connectivity index (χ1v) is 11.9. The standard InChI is InChI=1S/C24H30ClN5O5/c1-24(2,3)35-23(32)27-18(15-5-7-17(33-4)8-6-15)14-29-21(31)19-13-26-20(30(19)28-22(29)25)16-9-11-34-12-10-16/h5-8,13,16,18H,9-12,14H2,1-4H3,(H,27,32)/t18-/m1/s1. The molecular weight excluding hydrogens is 474 g/mol. The lowest BCUT2D eigenvalue weighted by Crippen LogP contribution is -2.38. The SMILES string of the molecule is COc1ccc([C@@H](Cn2c(Cl)nn3c(C4CCOCC4)ncc3c2=O)NC(=O)OC(C)(C)C)cc1. The normalized spacial score (nSPS) is 15.7. The van der Waals surface area contributed by atoms with Gasteiger partial charge in [-0.25, -0.2) is 14.3 Å². The molecule has 1 aromatic carbocycles. The van der Waals surface area contributed by atoms with Gasteiger partial charge in [0.1, 0.15) is 17.2 Å². The zero-order valence-electron chi connectivity index (χ0n) is 20.3. The van der Waals surface area contributed by atoms with E-state index in [0.29, 0.717) is 30.3 Å². The number of imidazole rings is 1. The van der Waals surface area contributed by atoms with Crippen molar-refractivity contribution in [1.29, 1.82) is 0 Å². The third kappa shape index (κ3) is 5.76. The van der Waals surface area contributed by atoms with Crippen molar-refractivity contribution in [2.45, 2.75) is 57.7 Å². The lowest BCUT2D eigenvalue weighted by molar-refractivity contribution is 0.0498. The Hall–Kier alpha value is -3.11. The van der Waals surface area contributed by atoms with Gasteiger partial charge in [-0.2, -0.15) is 0 Å². The van der Waals surface area contributed by atoms with Gasteiger partial charge in [-0.15, -0.1) is 5.10 Å². The Balaban J connectivity index is 1.68. The number of hydrogen-bond donors (Lipinski definition) is 1. The number of nitrogens with zero attached hydrogens (tertiary/aromatic N) is 4. The van der Waals surface area contributed by atoms with E-state index in [4.69, 9.17) is 25.8 Å². The van der Waals surface area contributed by atoms with Crippen molar-refractivity contribution in [2.24, 2.45) is 0 Å². The second-order valence-corrected chi connectivity index (χ2v) is 9.79. The van der Waals surface area contributed by atoms with Gasteiger partial charge in [-0.05, 0) is 62.9 Å². The Morgan fingerprint density at radius 1 is 1.26 bits per heavy atom. The van der Waals surface area contributed by atoms with Crippen molar-refractivity contribution in [3.63, 3.8) is 0 Å². The van der Waals surface area contributed by atoms with Gasteiger partial charge in [0, 0.05) is 19.1 Å². The minimum Gasteiger partial charge on any atom is -0.497 e. The van der Waals surface area contributed by atoms with Crippen LogP contribution in [0, 0.1) is 0 Å². The molecule has 0 saturated carbocycles. The number of halogens is 1. The minimum atomic E-state index is -0.679. The number of nitrogens with one attached hydrogen (secondary N) is 1. The number of carbonyl (C=O) groups is 1. The average molecular weight is 504 g/mol. The summed E-state index contributed by atoms with van der Waals surface area (Å²) in [5.74, 6) is 1.52. The van der Waals surface area contributed by atoms with Crippen LogP contribution >= 0.6 is 11.6 Å². The Bertz CT molecular complexity index is 1240. The highest BCUT2D eigenvalue weighted by Gasteiger charge is 2.26. The Labute approximate surface area is 208 Å². The average Bonchev–Trinajstić information content (AvgIpc) is 3.24. The number of carbonyl (C=O) groups excluding carboxylic acids is 1. The number of methoxy groups -OCH3 is 1. The van der Waals surface area contributed by atoms with E-state index in [2.05, 4.69) is 15.4 Å². The quantitative estimate of drug-likeness (QED) is 0.546. The maximum atomic E-state index is 13.4. The smallest absolute Gasteiger partial charge is 0.408 e. The van der Waals surface area contributed by atoms with E-state index >= 15 is 0 Å². The van der Waals surface area contributed by atoms with E-state index in [0.717, 1.165) is 18.4 Å². The molecular formula is C24H30ClN5O5. The van der Waals surface area contributed by atoms with Crippen molar-refractivity contribution < 1.29 is 19.0 Å². The predicted octanol–water partition coefficient (Wildman–Crippen LogP) is 3.71. The van der Waals surface area contributed by atoms with Crippen molar-refractivity contribution in [3.8, 4) is 5.75 Å². The van der Waals surface area contributed by atoms with E-state index in [9.17, 15) is 9.59 Å². The van der Waals surface area contributed by atoms with Crippen LogP contribution < -0.4 is 15.6 Å². The number of ether oxygens (including phenoxy) is 3. The van der Waals surface area contributed by atoms with E-state index in [1.54, 1.807) is 40.0 Å². The summed E-state index contributed by atoms with van der Waals surface area (Å²) in [4.78, 5) is 30.5. The minimum absolute atomic E-state index is 0.00156. The molecule has 0 aliphatic carbocycles. The molecule has 1 atom stereocenters. The molecule has 1 aliphatic rings. The van der Waals surface area contributed by atoms with Crippen LogP contribution in [0.2, 0.25) is 5.28 Å². The number of amides is 1. The molecule has 1 saturated heterocycles. The van der Waals surface area contributed by atoms with Crippen LogP contribution in [0.5, 0.6) is 5.75 Å². The van der Waals surface area contributed by atoms with Crippen LogP contribution in [0.25, 0.3) is 5.52 Å². The first-order chi connectivity index (χ1) is 16.7. The largest absolute Gasteiger partial charge is 0.497 e. The van der Waals surface area contributed by atoms with Crippen LogP contribution in [-0.2, 0) is 16.0 Å². The number of fused-ring (bicyclic) bond motifs is 1. The summed E-state index contributed by atoms with van der Waals surface area (Å²) in [7, 11) is 1.58. The van der Waals surface area contributed by atoms with Gasteiger partial charge < -0.3 is 19.5 Å². The lowest BCUT2D eigenvalue weighted by atomic mass is 10.00. The summed E-state index contributed by atoms with van der Waals surface area (Å²) in [6, 6.07) is 6.57. The van der Waals surface area contributed by atoms with Gasteiger partial charge >= 0.3 is 6.09 Å². The highest BCUT2D eigenvalue weighted by Crippen LogP contribution is 2.26. The zero-order valence-corrected chi connectivity index (χ0v) is 21.0. The maximum Gasteiger partial charge on any atom is 0.408 e. The fourth-order valence-corrected chi connectivity index (χ4v) is 4.29. The van der Waals surface area contributed by atoms with Gasteiger partial charge in [-0.1, -0.05) is 12.1 Å². The molecule has 2 aromatic heterocycles. The van der Waals surface area contributed by atoms with Gasteiger partial charge in [0.15, 0.2) is 5.52 Å². The molecule has 1 aliphatic heterocycles. The monoisotopic (exact) mass is 503 g/mol. The van der Waals surface area contributed by atoms with E-state index in [1.165, 1.54) is 15.3 Å². The molecule has 0 spiro atoms. The van der Waals surface area contributed by atoms with Crippen LogP contribution in [-0.4, -0.2) is 51.2 Å². The highest BCUT2D eigenvalue weighted by atomic mass is 35.5. The van der Waals surface area contributed by atoms with Crippen molar-refractivity contribution in [3.05, 3.63) is 57.5 Å². The summed E-state index contributed by atoms with van der Waals surface area (Å²) in [5.41, 5.74) is 0.0413. The van der Waals surface area contributed by atoms with Crippen LogP contribution in [0.15, 0.2) is 35.3 Å². The molecule has 1 fully saturated rings. The van der Waals surface area contributed by atoms with E-state index in [1.807, 2.05) is 12.1 Å². The molecule has 0 bridgehead atoms. The lowest BCUT2D eigenvalue weighted by Gasteiger charge is -2.25. The van der Waals surface area contributed by atoms with Gasteiger partial charge in [0.25, 0.3) is 5.56 Å². The first kappa shape index (κ1) is 25.0. The second-order valence-electron chi connectivity index (χ2n) is 9.46. The Morgan fingerprint density at radius 2 is 1.94 bits per heavy atom. The molecule has 188 valence electrons. The number of benzene rings is 1. The molecule has 3 heterocycles. The third-order valence-corrected chi connectivity index (χ3v) is 6.07. The summed E-state index contributed by atoms with van der Waals surface area (Å²) < 4.78 is 19.0. The first-order valence-electron chi connectivity index (χ1n) is 11.5. The summed E-state index contributed by atoms with van der Waals surface area (Å²) in [6.45, 7) is 6.68. The molecule has 11 heteroatoms. The molecule has 1 amide bonds. The van der Waals surface area contributed by atoms with Gasteiger partial charge in [0.05, 0.1) is 25.9 Å². The van der Waals surface area contributed by atoms with Gasteiger partial charge in [0.2, 0.25) is 5.28 Å². The molecule has 10 nitrogen and oxygen atoms in total. The maximum absolute atomic E-state index is 13.4. The summed E-state index contributed by atoms with van der Waals surface area (Å²) in [6.07, 6.45) is 2.53. The highest BCUT2D eigenvalue weighted by molar-refractivity contribution is 6.28. The molecule has 4 rings (SSSR count). The molecule has 3 aromatic rings. The summed E-state index contributed by atoms with van der Waals surface area (Å²) in [5, 5.41) is 7.31. The number of alkyl carbamates (subject to hydrolysis) is 1. The van der Waals surface area contributed by atoms with Gasteiger partial charge in [-0.3, -0.25) is 9.36 Å². The molecule has 0 unspecified atom stereocenters. The van der Waals surface area contributed by atoms with E-state index in [-0.39, 0.29) is 23.3 Å². The number of hydrogen-bond acceptors (Lipinski definition) is 7. The molecule has 1 N–H and O–H groups in total. The molecule has 0 radical (unpaired) electrons. The van der Waals surface area contributed by atoms with Crippen LogP contribution in [0.1, 0.15) is 57.0 Å². The Kier molecular flexibility index (Phi) is 7.32. The predicted molar refractivity (Wildman–Crippen MR) is 130 cm³/mol. The van der Waals surface area contributed by atoms with Crippen molar-refractivity contribution in [2.75, 3.05) is 20.3 Å². The number of rotatable bonds is 6. The second kappa shape index (κ2) is 10.2. The zero-order chi connectivity index (χ0) is 25.2. The topological polar surface area (TPSA) is 109 Å². The van der Waals surface area contributed by atoms with Crippen molar-refractivity contribution in [1.82, 2.24) is 24.5 Å². The van der Waals surface area contributed by atoms with E-state index < -0.39 is 17.7 Å². The van der Waals surface area contributed by atoms with Crippen LogP contribution in [0.4, 0.5) is 4.79 Å². The van der Waals surface area contributed by atoms with Crippen LogP contribution in [0.3, 0.4) is 0 Å². The fourth-order valence-electron chi connectivity index (χ4n) is 4.06. The molecule has 35 heavy (non-hydrogen) atoms. The van der Waals surface area contributed by atoms with Crippen molar-refractivity contribution >= 4 is 23.2 Å².